The third kappa shape index (κ3) is 2.87. The van der Waals surface area contributed by atoms with Crippen molar-refractivity contribution in [1.29, 1.82) is 0 Å². The second-order valence-corrected chi connectivity index (χ2v) is 5.78. The van der Waals surface area contributed by atoms with Crippen LogP contribution < -0.4 is 0 Å². The minimum absolute atomic E-state index is 0.205. The van der Waals surface area contributed by atoms with Crippen LogP contribution in [0.15, 0.2) is 0 Å². The lowest BCUT2D eigenvalue weighted by Crippen LogP contribution is -2.48. The molecule has 1 aliphatic rings. The number of amides is 1. The Morgan fingerprint density at radius 2 is 2.00 bits per heavy atom. The van der Waals surface area contributed by atoms with E-state index >= 15 is 0 Å². The average molecular weight is 232 g/mol. The Kier molecular flexibility index (Phi) is 4.05. The highest BCUT2D eigenvalue weighted by atomic mass is 35.5. The van der Waals surface area contributed by atoms with Crippen molar-refractivity contribution in [1.82, 2.24) is 4.90 Å². The quantitative estimate of drug-likeness (QED) is 0.670. The van der Waals surface area contributed by atoms with Crippen LogP contribution in [-0.2, 0) is 4.79 Å². The van der Waals surface area contributed by atoms with Crippen molar-refractivity contribution in [2.24, 2.45) is 17.3 Å². The van der Waals surface area contributed by atoms with Gasteiger partial charge in [0.05, 0.1) is 5.41 Å². The third-order valence-corrected chi connectivity index (χ3v) is 4.20. The molecule has 2 nitrogen and oxygen atoms in total. The van der Waals surface area contributed by atoms with Crippen LogP contribution in [0.25, 0.3) is 0 Å². The number of halogens is 1. The van der Waals surface area contributed by atoms with Crippen LogP contribution in [0.1, 0.15) is 34.1 Å². The zero-order valence-electron chi connectivity index (χ0n) is 10.2. The molecule has 0 N–H and O–H groups in total. The zero-order valence-corrected chi connectivity index (χ0v) is 11.0. The van der Waals surface area contributed by atoms with Crippen LogP contribution in [0.2, 0.25) is 0 Å². The second-order valence-electron chi connectivity index (χ2n) is 5.51. The lowest BCUT2D eigenvalue weighted by atomic mass is 9.86. The van der Waals surface area contributed by atoms with Crippen molar-refractivity contribution in [3.8, 4) is 0 Å². The minimum atomic E-state index is -0.415. The van der Waals surface area contributed by atoms with Gasteiger partial charge in [-0.3, -0.25) is 4.79 Å². The molecule has 1 fully saturated rings. The van der Waals surface area contributed by atoms with E-state index in [-0.39, 0.29) is 5.91 Å². The maximum atomic E-state index is 12.1. The first-order valence-corrected chi connectivity index (χ1v) is 6.27. The van der Waals surface area contributed by atoms with Crippen molar-refractivity contribution >= 4 is 17.5 Å². The van der Waals surface area contributed by atoms with E-state index < -0.39 is 5.41 Å². The summed E-state index contributed by atoms with van der Waals surface area (Å²) in [6.45, 7) is 10.1. The molecule has 15 heavy (non-hydrogen) atoms. The van der Waals surface area contributed by atoms with Gasteiger partial charge in [0.2, 0.25) is 5.91 Å². The topological polar surface area (TPSA) is 20.3 Å². The van der Waals surface area contributed by atoms with Gasteiger partial charge in [-0.15, -0.1) is 11.6 Å². The summed E-state index contributed by atoms with van der Waals surface area (Å²) in [5.74, 6) is 1.94. The molecule has 0 aromatic rings. The Labute approximate surface area is 98.0 Å². The van der Waals surface area contributed by atoms with E-state index in [4.69, 9.17) is 11.6 Å². The number of alkyl halides is 1. The van der Waals surface area contributed by atoms with Crippen molar-refractivity contribution in [2.75, 3.05) is 19.0 Å². The fourth-order valence-electron chi connectivity index (χ4n) is 1.93. The summed E-state index contributed by atoms with van der Waals surface area (Å²) < 4.78 is 0. The summed E-state index contributed by atoms with van der Waals surface area (Å²) >= 11 is 5.82. The zero-order chi connectivity index (χ0) is 11.6. The van der Waals surface area contributed by atoms with E-state index in [2.05, 4.69) is 13.8 Å². The maximum Gasteiger partial charge on any atom is 0.229 e. The molecule has 0 aliphatic carbocycles. The molecular formula is C12H22ClNO. The first kappa shape index (κ1) is 12.8. The smallest absolute Gasteiger partial charge is 0.229 e. The standard InChI is InChI=1S/C12H22ClNO/c1-9-5-6-14(7-10(9)2)11(15)12(3,4)8-13/h9-10H,5-8H2,1-4H3. The predicted octanol–water partition coefficient (Wildman–Crippen LogP) is 2.76. The number of piperidine rings is 1. The molecule has 0 saturated carbocycles. The van der Waals surface area contributed by atoms with Gasteiger partial charge in [0.1, 0.15) is 0 Å². The number of hydrogen-bond acceptors (Lipinski definition) is 1. The van der Waals surface area contributed by atoms with Crippen molar-refractivity contribution in [3.05, 3.63) is 0 Å². The lowest BCUT2D eigenvalue weighted by molar-refractivity contribution is -0.141. The summed E-state index contributed by atoms with van der Waals surface area (Å²) in [4.78, 5) is 14.1. The Morgan fingerprint density at radius 3 is 2.47 bits per heavy atom. The van der Waals surface area contributed by atoms with E-state index in [1.54, 1.807) is 0 Å². The van der Waals surface area contributed by atoms with Crippen LogP contribution in [0.4, 0.5) is 0 Å². The molecule has 0 spiro atoms. The minimum Gasteiger partial charge on any atom is -0.342 e. The van der Waals surface area contributed by atoms with Crippen LogP contribution in [0.3, 0.4) is 0 Å². The molecular weight excluding hydrogens is 210 g/mol. The molecule has 2 unspecified atom stereocenters. The number of rotatable bonds is 2. The number of carbonyl (C=O) groups excluding carboxylic acids is 1. The normalized spacial score (nSPS) is 27.9. The number of hydrogen-bond donors (Lipinski definition) is 0. The van der Waals surface area contributed by atoms with Gasteiger partial charge in [-0.1, -0.05) is 13.8 Å². The summed E-state index contributed by atoms with van der Waals surface area (Å²) in [5.41, 5.74) is -0.415. The molecule has 1 saturated heterocycles. The van der Waals surface area contributed by atoms with Crippen LogP contribution in [0.5, 0.6) is 0 Å². The molecule has 1 heterocycles. The Morgan fingerprint density at radius 1 is 1.40 bits per heavy atom. The lowest BCUT2D eigenvalue weighted by Gasteiger charge is -2.38. The average Bonchev–Trinajstić information content (AvgIpc) is 2.21. The SMILES string of the molecule is CC1CCN(C(=O)C(C)(C)CCl)CC1C. The van der Waals surface area contributed by atoms with E-state index in [9.17, 15) is 4.79 Å². The first-order chi connectivity index (χ1) is 6.88. The van der Waals surface area contributed by atoms with E-state index in [1.807, 2.05) is 18.7 Å². The molecule has 1 amide bonds. The van der Waals surface area contributed by atoms with Gasteiger partial charge in [-0.25, -0.2) is 0 Å². The summed E-state index contributed by atoms with van der Waals surface area (Å²) in [6.07, 6.45) is 1.12. The Bertz CT molecular complexity index is 240. The van der Waals surface area contributed by atoms with Crippen LogP contribution >= 0.6 is 11.6 Å². The highest BCUT2D eigenvalue weighted by molar-refractivity contribution is 6.19. The molecule has 1 aliphatic heterocycles. The van der Waals surface area contributed by atoms with Crippen molar-refractivity contribution in [3.63, 3.8) is 0 Å². The fourth-order valence-corrected chi connectivity index (χ4v) is 2.05. The largest absolute Gasteiger partial charge is 0.342 e. The van der Waals surface area contributed by atoms with Crippen molar-refractivity contribution in [2.45, 2.75) is 34.1 Å². The Hall–Kier alpha value is -0.240. The van der Waals surface area contributed by atoms with Gasteiger partial charge in [0.15, 0.2) is 0 Å². The predicted molar refractivity (Wildman–Crippen MR) is 64.0 cm³/mol. The molecule has 1 rings (SSSR count). The highest BCUT2D eigenvalue weighted by Crippen LogP contribution is 2.27. The van der Waals surface area contributed by atoms with Crippen LogP contribution in [0, 0.1) is 17.3 Å². The second kappa shape index (κ2) is 4.73. The Balaban J connectivity index is 2.62. The fraction of sp³-hybridized carbons (Fsp3) is 0.917. The number of likely N-dealkylation sites (tertiary alicyclic amines) is 1. The molecule has 2 atom stereocenters. The summed E-state index contributed by atoms with van der Waals surface area (Å²) in [6, 6.07) is 0. The molecule has 3 heteroatoms. The monoisotopic (exact) mass is 231 g/mol. The number of nitrogens with zero attached hydrogens (tertiary/aromatic N) is 1. The summed E-state index contributed by atoms with van der Waals surface area (Å²) in [7, 11) is 0. The van der Waals surface area contributed by atoms with Gasteiger partial charge >= 0.3 is 0 Å². The molecule has 88 valence electrons. The van der Waals surface area contributed by atoms with E-state index in [0.29, 0.717) is 11.8 Å². The molecule has 0 bridgehead atoms. The van der Waals surface area contributed by atoms with Gasteiger partial charge in [-0.05, 0) is 32.1 Å². The van der Waals surface area contributed by atoms with Gasteiger partial charge < -0.3 is 4.90 Å². The first-order valence-electron chi connectivity index (χ1n) is 5.74. The molecule has 0 aromatic carbocycles. The van der Waals surface area contributed by atoms with E-state index in [0.717, 1.165) is 25.4 Å². The number of carbonyl (C=O) groups is 1. The summed E-state index contributed by atoms with van der Waals surface area (Å²) in [5, 5.41) is 0. The maximum absolute atomic E-state index is 12.1. The van der Waals surface area contributed by atoms with Gasteiger partial charge in [0, 0.05) is 19.0 Å². The van der Waals surface area contributed by atoms with Gasteiger partial charge in [0.25, 0.3) is 0 Å². The molecule has 0 aromatic heterocycles. The van der Waals surface area contributed by atoms with Crippen LogP contribution in [-0.4, -0.2) is 29.8 Å². The molecule has 0 radical (unpaired) electrons. The van der Waals surface area contributed by atoms with Gasteiger partial charge in [-0.2, -0.15) is 0 Å². The van der Waals surface area contributed by atoms with Crippen molar-refractivity contribution < 1.29 is 4.79 Å². The highest BCUT2D eigenvalue weighted by Gasteiger charge is 2.34. The third-order valence-electron chi connectivity index (χ3n) is 3.53. The van der Waals surface area contributed by atoms with E-state index in [1.165, 1.54) is 0 Å².